The van der Waals surface area contributed by atoms with Crippen molar-refractivity contribution in [3.8, 4) is 5.75 Å². The van der Waals surface area contributed by atoms with Crippen LogP contribution in [-0.2, 0) is 11.3 Å². The number of aromatic nitrogens is 2. The van der Waals surface area contributed by atoms with E-state index in [0.29, 0.717) is 17.9 Å². The van der Waals surface area contributed by atoms with E-state index in [2.05, 4.69) is 5.10 Å². The van der Waals surface area contributed by atoms with Crippen LogP contribution in [-0.4, -0.2) is 39.2 Å². The van der Waals surface area contributed by atoms with E-state index in [1.807, 2.05) is 29.2 Å². The van der Waals surface area contributed by atoms with Crippen molar-refractivity contribution in [1.29, 1.82) is 0 Å². The van der Waals surface area contributed by atoms with E-state index in [9.17, 15) is 14.9 Å². The molecule has 1 unspecified atom stereocenters. The number of ether oxygens (including phenoxy) is 1. The molecule has 2 heterocycles. The number of benzene rings is 1. The lowest BCUT2D eigenvalue weighted by Crippen LogP contribution is -2.34. The lowest BCUT2D eigenvalue weighted by Gasteiger charge is -2.25. The van der Waals surface area contributed by atoms with Gasteiger partial charge in [0.2, 0.25) is 5.91 Å². The zero-order valence-corrected chi connectivity index (χ0v) is 15.1. The fourth-order valence-corrected chi connectivity index (χ4v) is 3.59. The molecule has 0 bridgehead atoms. The maximum atomic E-state index is 12.9. The Kier molecular flexibility index (Phi) is 4.92. The van der Waals surface area contributed by atoms with Crippen molar-refractivity contribution in [2.24, 2.45) is 0 Å². The van der Waals surface area contributed by atoms with Crippen LogP contribution in [0.3, 0.4) is 0 Å². The number of nitrogens with zero attached hydrogens (tertiary/aromatic N) is 4. The number of carbonyl (C=O) groups excluding carboxylic acids is 1. The van der Waals surface area contributed by atoms with Gasteiger partial charge in [-0.1, -0.05) is 12.1 Å². The molecule has 0 aliphatic carbocycles. The van der Waals surface area contributed by atoms with E-state index in [1.54, 1.807) is 21.0 Å². The molecule has 1 aromatic heterocycles. The van der Waals surface area contributed by atoms with E-state index in [1.165, 1.54) is 4.68 Å². The van der Waals surface area contributed by atoms with Crippen LogP contribution >= 0.6 is 0 Å². The summed E-state index contributed by atoms with van der Waals surface area (Å²) in [5.41, 5.74) is 1.74. The van der Waals surface area contributed by atoms with Gasteiger partial charge in [-0.05, 0) is 44.4 Å². The zero-order valence-electron chi connectivity index (χ0n) is 15.1. The smallest absolute Gasteiger partial charge is 0.312 e. The Labute approximate surface area is 151 Å². The number of amides is 1. The molecule has 2 aromatic rings. The Morgan fingerprint density at radius 3 is 2.85 bits per heavy atom. The molecule has 138 valence electrons. The Balaban J connectivity index is 1.81. The fourth-order valence-electron chi connectivity index (χ4n) is 3.59. The zero-order chi connectivity index (χ0) is 18.8. The van der Waals surface area contributed by atoms with Gasteiger partial charge in [-0.2, -0.15) is 5.10 Å². The summed E-state index contributed by atoms with van der Waals surface area (Å²) in [6.07, 6.45) is 1.81. The van der Waals surface area contributed by atoms with Gasteiger partial charge >= 0.3 is 5.69 Å². The highest BCUT2D eigenvalue weighted by Gasteiger charge is 2.31. The van der Waals surface area contributed by atoms with E-state index in [-0.39, 0.29) is 24.2 Å². The van der Waals surface area contributed by atoms with Gasteiger partial charge in [0.25, 0.3) is 0 Å². The third kappa shape index (κ3) is 3.26. The number of hydrogen-bond donors (Lipinski definition) is 0. The molecule has 1 amide bonds. The summed E-state index contributed by atoms with van der Waals surface area (Å²) in [5, 5.41) is 15.3. The Bertz CT molecular complexity index is 846. The summed E-state index contributed by atoms with van der Waals surface area (Å²) in [4.78, 5) is 25.4. The molecule has 1 aliphatic rings. The van der Waals surface area contributed by atoms with Crippen LogP contribution in [0.2, 0.25) is 0 Å². The lowest BCUT2D eigenvalue weighted by molar-refractivity contribution is -0.386. The molecule has 1 atom stereocenters. The number of nitro groups is 1. The number of methoxy groups -OCH3 is 1. The summed E-state index contributed by atoms with van der Waals surface area (Å²) in [7, 11) is 1.62. The molecule has 8 nitrogen and oxygen atoms in total. The number of carbonyl (C=O) groups is 1. The van der Waals surface area contributed by atoms with Gasteiger partial charge in [-0.3, -0.25) is 19.6 Å². The summed E-state index contributed by atoms with van der Waals surface area (Å²) in [5.74, 6) is 0.673. The first-order valence-corrected chi connectivity index (χ1v) is 8.54. The van der Waals surface area contributed by atoms with Gasteiger partial charge in [0.1, 0.15) is 23.7 Å². The average molecular weight is 358 g/mol. The maximum Gasteiger partial charge on any atom is 0.312 e. The molecule has 0 radical (unpaired) electrons. The highest BCUT2D eigenvalue weighted by molar-refractivity contribution is 5.77. The summed E-state index contributed by atoms with van der Waals surface area (Å²) in [6.45, 7) is 3.87. The maximum absolute atomic E-state index is 12.9. The molecule has 1 saturated heterocycles. The van der Waals surface area contributed by atoms with Gasteiger partial charge < -0.3 is 9.64 Å². The van der Waals surface area contributed by atoms with E-state index < -0.39 is 4.92 Å². The van der Waals surface area contributed by atoms with Gasteiger partial charge in [0, 0.05) is 6.54 Å². The third-order valence-electron chi connectivity index (χ3n) is 4.86. The molecule has 1 aliphatic heterocycles. The van der Waals surface area contributed by atoms with Crippen molar-refractivity contribution in [3.63, 3.8) is 0 Å². The molecular weight excluding hydrogens is 336 g/mol. The number of hydrogen-bond acceptors (Lipinski definition) is 5. The van der Waals surface area contributed by atoms with Crippen LogP contribution in [0, 0.1) is 24.0 Å². The van der Waals surface area contributed by atoms with Crippen LogP contribution < -0.4 is 4.74 Å². The second-order valence-electron chi connectivity index (χ2n) is 6.46. The van der Waals surface area contributed by atoms with Crippen LogP contribution in [0.5, 0.6) is 5.75 Å². The van der Waals surface area contributed by atoms with Gasteiger partial charge in [-0.15, -0.1) is 0 Å². The van der Waals surface area contributed by atoms with Crippen molar-refractivity contribution in [2.45, 2.75) is 39.3 Å². The Morgan fingerprint density at radius 1 is 1.42 bits per heavy atom. The third-order valence-corrected chi connectivity index (χ3v) is 4.86. The largest absolute Gasteiger partial charge is 0.497 e. The Morgan fingerprint density at radius 2 is 2.19 bits per heavy atom. The molecule has 3 rings (SSSR count). The standard InChI is InChI=1S/C18H22N4O4/c1-12-18(22(24)25)13(2)21(19-12)11-17(23)20-9-5-8-16(20)14-6-4-7-15(10-14)26-3/h4,6-7,10,16H,5,8-9,11H2,1-3H3. The van der Waals surface area contributed by atoms with Gasteiger partial charge in [-0.25, -0.2) is 0 Å². The highest BCUT2D eigenvalue weighted by Crippen LogP contribution is 2.34. The minimum absolute atomic E-state index is 0.000974. The van der Waals surface area contributed by atoms with Gasteiger partial charge in [0.15, 0.2) is 0 Å². The van der Waals surface area contributed by atoms with Crippen molar-refractivity contribution in [1.82, 2.24) is 14.7 Å². The molecule has 0 spiro atoms. The van der Waals surface area contributed by atoms with Crippen molar-refractivity contribution in [3.05, 3.63) is 51.3 Å². The number of rotatable bonds is 5. The van der Waals surface area contributed by atoms with E-state index in [0.717, 1.165) is 24.2 Å². The molecule has 26 heavy (non-hydrogen) atoms. The minimum atomic E-state index is -0.451. The van der Waals surface area contributed by atoms with Gasteiger partial charge in [0.05, 0.1) is 18.1 Å². The van der Waals surface area contributed by atoms with E-state index >= 15 is 0 Å². The SMILES string of the molecule is COc1cccc(C2CCCN2C(=O)Cn2nc(C)c([N+](=O)[O-])c2C)c1. The summed E-state index contributed by atoms with van der Waals surface area (Å²) in [6, 6.07) is 7.72. The number of likely N-dealkylation sites (tertiary alicyclic amines) is 1. The predicted octanol–water partition coefficient (Wildman–Crippen LogP) is 2.78. The fraction of sp³-hybridized carbons (Fsp3) is 0.444. The number of aryl methyl sites for hydroxylation is 1. The van der Waals surface area contributed by atoms with Crippen molar-refractivity contribution >= 4 is 11.6 Å². The van der Waals surface area contributed by atoms with E-state index in [4.69, 9.17) is 4.74 Å². The molecule has 8 heteroatoms. The van der Waals surface area contributed by atoms with Crippen LogP contribution in [0.4, 0.5) is 5.69 Å². The second kappa shape index (κ2) is 7.15. The topological polar surface area (TPSA) is 90.5 Å². The average Bonchev–Trinajstić information content (AvgIpc) is 3.20. The van der Waals surface area contributed by atoms with Crippen LogP contribution in [0.1, 0.15) is 35.8 Å². The lowest BCUT2D eigenvalue weighted by atomic mass is 10.0. The molecule has 1 aromatic carbocycles. The predicted molar refractivity (Wildman–Crippen MR) is 95.0 cm³/mol. The molecule has 0 saturated carbocycles. The highest BCUT2D eigenvalue weighted by atomic mass is 16.6. The Hall–Kier alpha value is -2.90. The quantitative estimate of drug-likeness (QED) is 0.605. The summed E-state index contributed by atoms with van der Waals surface area (Å²) >= 11 is 0. The first-order valence-electron chi connectivity index (χ1n) is 8.54. The first kappa shape index (κ1) is 17.9. The van der Waals surface area contributed by atoms with Crippen LogP contribution in [0.25, 0.3) is 0 Å². The molecule has 0 N–H and O–H groups in total. The van der Waals surface area contributed by atoms with Crippen molar-refractivity contribution < 1.29 is 14.5 Å². The second-order valence-corrected chi connectivity index (χ2v) is 6.46. The normalized spacial score (nSPS) is 16.7. The minimum Gasteiger partial charge on any atom is -0.497 e. The van der Waals surface area contributed by atoms with Crippen molar-refractivity contribution in [2.75, 3.05) is 13.7 Å². The molecule has 1 fully saturated rings. The van der Waals surface area contributed by atoms with Crippen LogP contribution in [0.15, 0.2) is 24.3 Å². The first-order chi connectivity index (χ1) is 12.4. The summed E-state index contributed by atoms with van der Waals surface area (Å²) < 4.78 is 6.71. The molecular formula is C18H22N4O4. The monoisotopic (exact) mass is 358 g/mol.